The van der Waals surface area contributed by atoms with Gasteiger partial charge in [0, 0.05) is 0 Å². The molecule has 1 rings (SSSR count). The molecule has 21 heavy (non-hydrogen) atoms. The number of hydrogen-bond donors (Lipinski definition) is 1. The average Bonchev–Trinajstić information content (AvgIpc) is 2.53. The Morgan fingerprint density at radius 2 is 1.76 bits per heavy atom. The van der Waals surface area contributed by atoms with E-state index < -0.39 is 0 Å². The second kappa shape index (κ2) is 11.3. The summed E-state index contributed by atoms with van der Waals surface area (Å²) in [6.45, 7) is 3.10. The van der Waals surface area contributed by atoms with Crippen molar-refractivity contribution in [3.8, 4) is 0 Å². The van der Waals surface area contributed by atoms with Crippen molar-refractivity contribution in [1.29, 1.82) is 0 Å². The molecule has 1 N–H and O–H groups in total. The van der Waals surface area contributed by atoms with E-state index in [4.69, 9.17) is 4.74 Å². The number of ether oxygens (including phenoxy) is 1. The van der Waals surface area contributed by atoms with Gasteiger partial charge in [-0.05, 0) is 24.9 Å². The molecule has 0 fully saturated rings. The minimum absolute atomic E-state index is 0.176. The first-order valence-electron chi connectivity index (χ1n) is 8.13. The van der Waals surface area contributed by atoms with Gasteiger partial charge < -0.3 is 10.1 Å². The van der Waals surface area contributed by atoms with E-state index in [2.05, 4.69) is 12.2 Å². The van der Waals surface area contributed by atoms with Crippen LogP contribution in [0.25, 0.3) is 0 Å². The summed E-state index contributed by atoms with van der Waals surface area (Å²) in [7, 11) is 1.45. The highest BCUT2D eigenvalue weighted by atomic mass is 16.5. The Balaban J connectivity index is 2.29. The van der Waals surface area contributed by atoms with Crippen molar-refractivity contribution in [2.45, 2.75) is 57.9 Å². The van der Waals surface area contributed by atoms with Crippen LogP contribution in [-0.2, 0) is 16.0 Å². The summed E-state index contributed by atoms with van der Waals surface area (Å²) >= 11 is 0. The van der Waals surface area contributed by atoms with Gasteiger partial charge in [-0.1, -0.05) is 69.4 Å². The van der Waals surface area contributed by atoms with E-state index in [9.17, 15) is 4.79 Å². The third kappa shape index (κ3) is 7.86. The van der Waals surface area contributed by atoms with Crippen LogP contribution in [0.5, 0.6) is 0 Å². The fourth-order valence-corrected chi connectivity index (χ4v) is 2.41. The first-order valence-corrected chi connectivity index (χ1v) is 8.13. The molecule has 1 aromatic carbocycles. The van der Waals surface area contributed by atoms with Crippen molar-refractivity contribution in [1.82, 2.24) is 5.32 Å². The number of benzene rings is 1. The average molecular weight is 291 g/mol. The van der Waals surface area contributed by atoms with E-state index in [1.807, 2.05) is 30.3 Å². The largest absolute Gasteiger partial charge is 0.468 e. The summed E-state index contributed by atoms with van der Waals surface area (Å²) in [4.78, 5) is 11.8. The van der Waals surface area contributed by atoms with Crippen LogP contribution in [0.4, 0.5) is 0 Å². The predicted octanol–water partition coefficient (Wildman–Crippen LogP) is 3.72. The molecule has 0 heterocycles. The van der Waals surface area contributed by atoms with Gasteiger partial charge in [-0.15, -0.1) is 0 Å². The van der Waals surface area contributed by atoms with E-state index in [0.29, 0.717) is 6.42 Å². The van der Waals surface area contributed by atoms with Crippen molar-refractivity contribution in [2.75, 3.05) is 13.7 Å². The van der Waals surface area contributed by atoms with Gasteiger partial charge >= 0.3 is 5.97 Å². The summed E-state index contributed by atoms with van der Waals surface area (Å²) in [5, 5.41) is 3.34. The molecular weight excluding hydrogens is 262 g/mol. The second-order valence-corrected chi connectivity index (χ2v) is 5.49. The Bertz CT molecular complexity index is 378. The molecule has 0 saturated heterocycles. The Morgan fingerprint density at radius 3 is 2.43 bits per heavy atom. The number of hydrogen-bond acceptors (Lipinski definition) is 3. The minimum Gasteiger partial charge on any atom is -0.468 e. The number of carbonyl (C=O) groups excluding carboxylic acids is 1. The fourth-order valence-electron chi connectivity index (χ4n) is 2.41. The van der Waals surface area contributed by atoms with E-state index in [0.717, 1.165) is 18.5 Å². The third-order valence-corrected chi connectivity index (χ3v) is 3.69. The topological polar surface area (TPSA) is 38.3 Å². The SMILES string of the molecule is CCCCCCCCN[C@@H](Cc1ccccc1)C(=O)OC. The molecular formula is C18H29NO2. The van der Waals surface area contributed by atoms with Crippen LogP contribution >= 0.6 is 0 Å². The number of carbonyl (C=O) groups is 1. The molecule has 0 amide bonds. The highest BCUT2D eigenvalue weighted by Crippen LogP contribution is 2.07. The zero-order chi connectivity index (χ0) is 15.3. The number of esters is 1. The van der Waals surface area contributed by atoms with Gasteiger partial charge in [0.25, 0.3) is 0 Å². The molecule has 0 bridgehead atoms. The summed E-state index contributed by atoms with van der Waals surface area (Å²) in [6, 6.07) is 9.83. The van der Waals surface area contributed by atoms with Crippen LogP contribution in [0, 0.1) is 0 Å². The molecule has 0 spiro atoms. The van der Waals surface area contributed by atoms with Crippen LogP contribution in [0.2, 0.25) is 0 Å². The van der Waals surface area contributed by atoms with Gasteiger partial charge in [0.1, 0.15) is 6.04 Å². The highest BCUT2D eigenvalue weighted by Gasteiger charge is 2.18. The van der Waals surface area contributed by atoms with E-state index in [1.54, 1.807) is 0 Å². The number of rotatable bonds is 11. The summed E-state index contributed by atoms with van der Waals surface area (Å²) in [5.74, 6) is -0.176. The lowest BCUT2D eigenvalue weighted by Gasteiger charge is -2.16. The standard InChI is InChI=1S/C18H29NO2/c1-3-4-5-6-7-11-14-19-17(18(20)21-2)15-16-12-9-8-10-13-16/h8-10,12-13,17,19H,3-7,11,14-15H2,1-2H3/t17-/m0/s1. The molecule has 0 aliphatic rings. The first kappa shape index (κ1) is 17.7. The van der Waals surface area contributed by atoms with Crippen LogP contribution < -0.4 is 5.32 Å². The quantitative estimate of drug-likeness (QED) is 0.499. The van der Waals surface area contributed by atoms with E-state index >= 15 is 0 Å². The Kier molecular flexibility index (Phi) is 9.55. The monoisotopic (exact) mass is 291 g/mol. The van der Waals surface area contributed by atoms with Gasteiger partial charge in [-0.3, -0.25) is 4.79 Å². The van der Waals surface area contributed by atoms with Crippen molar-refractivity contribution in [2.24, 2.45) is 0 Å². The Labute approximate surface area is 129 Å². The molecule has 1 atom stereocenters. The lowest BCUT2D eigenvalue weighted by molar-refractivity contribution is -0.143. The summed E-state index contributed by atoms with van der Waals surface area (Å²) < 4.78 is 4.89. The lowest BCUT2D eigenvalue weighted by atomic mass is 10.1. The van der Waals surface area contributed by atoms with Crippen molar-refractivity contribution in [3.05, 3.63) is 35.9 Å². The summed E-state index contributed by atoms with van der Waals surface area (Å²) in [5.41, 5.74) is 1.16. The second-order valence-electron chi connectivity index (χ2n) is 5.49. The maximum absolute atomic E-state index is 11.8. The molecule has 1 aromatic rings. The number of unbranched alkanes of at least 4 members (excludes halogenated alkanes) is 5. The lowest BCUT2D eigenvalue weighted by Crippen LogP contribution is -2.39. The van der Waals surface area contributed by atoms with Gasteiger partial charge in [-0.25, -0.2) is 0 Å². The molecule has 0 unspecified atom stereocenters. The normalized spacial score (nSPS) is 12.1. The molecule has 0 aromatic heterocycles. The molecule has 0 aliphatic carbocycles. The van der Waals surface area contributed by atoms with Crippen LogP contribution in [0.15, 0.2) is 30.3 Å². The minimum atomic E-state index is -0.243. The van der Waals surface area contributed by atoms with Crippen LogP contribution in [0.1, 0.15) is 51.0 Å². The highest BCUT2D eigenvalue weighted by molar-refractivity contribution is 5.76. The number of nitrogens with one attached hydrogen (secondary N) is 1. The van der Waals surface area contributed by atoms with Crippen molar-refractivity contribution < 1.29 is 9.53 Å². The molecule has 3 nitrogen and oxygen atoms in total. The first-order chi connectivity index (χ1) is 10.3. The Hall–Kier alpha value is -1.35. The van der Waals surface area contributed by atoms with E-state index in [-0.39, 0.29) is 12.0 Å². The zero-order valence-electron chi connectivity index (χ0n) is 13.4. The van der Waals surface area contributed by atoms with Gasteiger partial charge in [-0.2, -0.15) is 0 Å². The van der Waals surface area contributed by atoms with Gasteiger partial charge in [0.05, 0.1) is 7.11 Å². The molecule has 0 saturated carbocycles. The molecule has 3 heteroatoms. The van der Waals surface area contributed by atoms with Gasteiger partial charge in [0.2, 0.25) is 0 Å². The number of methoxy groups -OCH3 is 1. The smallest absolute Gasteiger partial charge is 0.323 e. The van der Waals surface area contributed by atoms with Crippen LogP contribution in [-0.4, -0.2) is 25.7 Å². The molecule has 0 radical (unpaired) electrons. The molecule has 118 valence electrons. The zero-order valence-corrected chi connectivity index (χ0v) is 13.4. The summed E-state index contributed by atoms with van der Waals surface area (Å²) in [6.07, 6.45) is 8.24. The Morgan fingerprint density at radius 1 is 1.10 bits per heavy atom. The van der Waals surface area contributed by atoms with Gasteiger partial charge in [0.15, 0.2) is 0 Å². The van der Waals surface area contributed by atoms with Crippen molar-refractivity contribution >= 4 is 5.97 Å². The maximum atomic E-state index is 11.8. The van der Waals surface area contributed by atoms with E-state index in [1.165, 1.54) is 39.2 Å². The molecule has 0 aliphatic heterocycles. The maximum Gasteiger partial charge on any atom is 0.323 e. The third-order valence-electron chi connectivity index (χ3n) is 3.69. The van der Waals surface area contributed by atoms with Crippen LogP contribution in [0.3, 0.4) is 0 Å². The predicted molar refractivity (Wildman–Crippen MR) is 87.3 cm³/mol. The van der Waals surface area contributed by atoms with Crippen molar-refractivity contribution in [3.63, 3.8) is 0 Å². The fraction of sp³-hybridized carbons (Fsp3) is 0.611.